The zero-order valence-corrected chi connectivity index (χ0v) is 9.17. The molecule has 0 aromatic carbocycles. The van der Waals surface area contributed by atoms with Crippen molar-refractivity contribution in [2.45, 2.75) is 31.9 Å². The maximum absolute atomic E-state index is 11.0. The number of hydrogen-bond acceptors (Lipinski definition) is 5. The van der Waals surface area contributed by atoms with Crippen LogP contribution in [0.15, 0.2) is 6.20 Å². The minimum Gasteiger partial charge on any atom is -0.469 e. The van der Waals surface area contributed by atoms with Gasteiger partial charge >= 0.3 is 5.97 Å². The van der Waals surface area contributed by atoms with Crippen LogP contribution >= 0.6 is 0 Å². The first-order valence-corrected chi connectivity index (χ1v) is 5.34. The van der Waals surface area contributed by atoms with Crippen molar-refractivity contribution < 1.29 is 14.6 Å². The SMILES string of the molecule is COC(=O)C[C@@H](O)c1cn(CC2CC2)nn1. The first-order chi connectivity index (χ1) is 7.69. The number of aromatic nitrogens is 3. The van der Waals surface area contributed by atoms with Gasteiger partial charge in [-0.05, 0) is 18.8 Å². The fourth-order valence-electron chi connectivity index (χ4n) is 1.47. The minimum atomic E-state index is -0.930. The molecule has 1 aliphatic carbocycles. The monoisotopic (exact) mass is 225 g/mol. The number of nitrogens with zero attached hydrogens (tertiary/aromatic N) is 3. The molecule has 0 bridgehead atoms. The van der Waals surface area contributed by atoms with Crippen molar-refractivity contribution in [3.8, 4) is 0 Å². The largest absolute Gasteiger partial charge is 0.469 e. The smallest absolute Gasteiger partial charge is 0.308 e. The van der Waals surface area contributed by atoms with Gasteiger partial charge in [-0.15, -0.1) is 5.10 Å². The number of carbonyl (C=O) groups excluding carboxylic acids is 1. The van der Waals surface area contributed by atoms with Gasteiger partial charge < -0.3 is 9.84 Å². The molecule has 0 amide bonds. The zero-order chi connectivity index (χ0) is 11.5. The van der Waals surface area contributed by atoms with Crippen LogP contribution in [0.2, 0.25) is 0 Å². The zero-order valence-electron chi connectivity index (χ0n) is 9.17. The number of methoxy groups -OCH3 is 1. The van der Waals surface area contributed by atoms with Gasteiger partial charge in [-0.25, -0.2) is 0 Å². The van der Waals surface area contributed by atoms with Gasteiger partial charge in [0.2, 0.25) is 0 Å². The molecule has 1 aromatic heterocycles. The molecule has 1 aromatic rings. The molecule has 88 valence electrons. The molecule has 1 atom stereocenters. The molecular formula is C10H15N3O3. The van der Waals surface area contributed by atoms with Crippen LogP contribution in [0.5, 0.6) is 0 Å². The van der Waals surface area contributed by atoms with E-state index in [1.165, 1.54) is 20.0 Å². The molecule has 0 unspecified atom stereocenters. The summed E-state index contributed by atoms with van der Waals surface area (Å²) in [6.07, 6.45) is 3.14. The number of hydrogen-bond donors (Lipinski definition) is 1. The van der Waals surface area contributed by atoms with E-state index in [0.29, 0.717) is 11.6 Å². The first-order valence-electron chi connectivity index (χ1n) is 5.34. The molecule has 2 rings (SSSR count). The minimum absolute atomic E-state index is 0.0847. The highest BCUT2D eigenvalue weighted by Crippen LogP contribution is 2.30. The molecule has 1 heterocycles. The summed E-state index contributed by atoms with van der Waals surface area (Å²) in [4.78, 5) is 11.0. The molecule has 16 heavy (non-hydrogen) atoms. The highest BCUT2D eigenvalue weighted by Gasteiger charge is 2.23. The lowest BCUT2D eigenvalue weighted by Gasteiger charge is -2.04. The Kier molecular flexibility index (Phi) is 3.19. The standard InChI is InChI=1S/C10H15N3O3/c1-16-10(15)4-9(14)8-6-13(12-11-8)5-7-2-3-7/h6-7,9,14H,2-5H2,1H3/t9-/m1/s1. The summed E-state index contributed by atoms with van der Waals surface area (Å²) < 4.78 is 6.19. The summed E-state index contributed by atoms with van der Waals surface area (Å²) in [6, 6.07) is 0. The predicted molar refractivity (Wildman–Crippen MR) is 54.3 cm³/mol. The molecule has 1 N–H and O–H groups in total. The number of esters is 1. The Morgan fingerprint density at radius 2 is 2.50 bits per heavy atom. The third-order valence-electron chi connectivity index (χ3n) is 2.63. The van der Waals surface area contributed by atoms with E-state index in [2.05, 4.69) is 15.0 Å². The second kappa shape index (κ2) is 4.61. The lowest BCUT2D eigenvalue weighted by molar-refractivity contribution is -0.142. The summed E-state index contributed by atoms with van der Waals surface area (Å²) in [6.45, 7) is 0.845. The van der Waals surface area contributed by atoms with Crippen LogP contribution in [-0.2, 0) is 16.1 Å². The summed E-state index contributed by atoms with van der Waals surface area (Å²) >= 11 is 0. The van der Waals surface area contributed by atoms with E-state index in [0.717, 1.165) is 6.54 Å². The number of aliphatic hydroxyl groups excluding tert-OH is 1. The molecule has 0 saturated heterocycles. The Morgan fingerprint density at radius 3 is 3.12 bits per heavy atom. The van der Waals surface area contributed by atoms with Crippen LogP contribution in [0.3, 0.4) is 0 Å². The summed E-state index contributed by atoms with van der Waals surface area (Å²) in [5, 5.41) is 17.4. The van der Waals surface area contributed by atoms with Gasteiger partial charge in [0.25, 0.3) is 0 Å². The van der Waals surface area contributed by atoms with E-state index in [1.807, 2.05) is 0 Å². The molecule has 1 fully saturated rings. The van der Waals surface area contributed by atoms with E-state index in [9.17, 15) is 9.90 Å². The Balaban J connectivity index is 1.91. The van der Waals surface area contributed by atoms with Crippen molar-refractivity contribution in [3.05, 3.63) is 11.9 Å². The Bertz CT molecular complexity index is 373. The quantitative estimate of drug-likeness (QED) is 0.728. The van der Waals surface area contributed by atoms with Crippen LogP contribution in [0, 0.1) is 5.92 Å². The van der Waals surface area contributed by atoms with Gasteiger partial charge in [-0.3, -0.25) is 9.48 Å². The summed E-state index contributed by atoms with van der Waals surface area (Å²) in [7, 11) is 1.29. The van der Waals surface area contributed by atoms with Gasteiger partial charge in [0.05, 0.1) is 19.7 Å². The van der Waals surface area contributed by atoms with E-state index in [-0.39, 0.29) is 6.42 Å². The van der Waals surface area contributed by atoms with Crippen LogP contribution in [0.25, 0.3) is 0 Å². The Morgan fingerprint density at radius 1 is 1.75 bits per heavy atom. The number of aliphatic hydroxyl groups is 1. The first kappa shape index (κ1) is 11.1. The van der Waals surface area contributed by atoms with Gasteiger partial charge in [0.15, 0.2) is 0 Å². The van der Waals surface area contributed by atoms with Crippen LogP contribution in [-0.4, -0.2) is 33.2 Å². The van der Waals surface area contributed by atoms with Crippen LogP contribution in [0.1, 0.15) is 31.1 Å². The second-order valence-corrected chi connectivity index (χ2v) is 4.10. The number of rotatable bonds is 5. The maximum atomic E-state index is 11.0. The van der Waals surface area contributed by atoms with Crippen LogP contribution < -0.4 is 0 Å². The van der Waals surface area contributed by atoms with Crippen molar-refractivity contribution in [1.82, 2.24) is 15.0 Å². The molecule has 1 saturated carbocycles. The molecule has 0 aliphatic heterocycles. The van der Waals surface area contributed by atoms with E-state index in [4.69, 9.17) is 0 Å². The topological polar surface area (TPSA) is 77.2 Å². The fraction of sp³-hybridized carbons (Fsp3) is 0.700. The average Bonchev–Trinajstić information content (AvgIpc) is 2.94. The van der Waals surface area contributed by atoms with Crippen molar-refractivity contribution in [2.24, 2.45) is 5.92 Å². The molecule has 0 spiro atoms. The van der Waals surface area contributed by atoms with Crippen molar-refractivity contribution in [1.29, 1.82) is 0 Å². The van der Waals surface area contributed by atoms with Crippen molar-refractivity contribution in [2.75, 3.05) is 7.11 Å². The second-order valence-electron chi connectivity index (χ2n) is 4.10. The predicted octanol–water partition coefficient (Wildman–Crippen LogP) is 0.285. The van der Waals surface area contributed by atoms with E-state index >= 15 is 0 Å². The normalized spacial score (nSPS) is 17.1. The highest BCUT2D eigenvalue weighted by molar-refractivity contribution is 5.69. The lowest BCUT2D eigenvalue weighted by Crippen LogP contribution is -2.08. The third kappa shape index (κ3) is 2.79. The lowest BCUT2D eigenvalue weighted by atomic mass is 10.2. The maximum Gasteiger partial charge on any atom is 0.308 e. The fourth-order valence-corrected chi connectivity index (χ4v) is 1.47. The number of ether oxygens (including phenoxy) is 1. The third-order valence-corrected chi connectivity index (χ3v) is 2.63. The van der Waals surface area contributed by atoms with Crippen LogP contribution in [0.4, 0.5) is 0 Å². The van der Waals surface area contributed by atoms with Crippen molar-refractivity contribution in [3.63, 3.8) is 0 Å². The van der Waals surface area contributed by atoms with E-state index < -0.39 is 12.1 Å². The average molecular weight is 225 g/mol. The Labute approximate surface area is 93.2 Å². The van der Waals surface area contributed by atoms with Crippen molar-refractivity contribution >= 4 is 5.97 Å². The molecule has 6 heteroatoms. The molecule has 1 aliphatic rings. The summed E-state index contributed by atoms with van der Waals surface area (Å²) in [5.74, 6) is 0.247. The van der Waals surface area contributed by atoms with Gasteiger partial charge in [-0.1, -0.05) is 5.21 Å². The van der Waals surface area contributed by atoms with E-state index in [1.54, 1.807) is 10.9 Å². The van der Waals surface area contributed by atoms with Gasteiger partial charge in [0, 0.05) is 6.54 Å². The molecular weight excluding hydrogens is 210 g/mol. The van der Waals surface area contributed by atoms with Gasteiger partial charge in [-0.2, -0.15) is 0 Å². The Hall–Kier alpha value is -1.43. The molecule has 0 radical (unpaired) electrons. The van der Waals surface area contributed by atoms with Gasteiger partial charge in [0.1, 0.15) is 11.8 Å². The highest BCUT2D eigenvalue weighted by atomic mass is 16.5. The summed E-state index contributed by atoms with van der Waals surface area (Å²) in [5.41, 5.74) is 0.422. The number of carbonyl (C=O) groups is 1. The molecule has 6 nitrogen and oxygen atoms in total.